The minimum Gasteiger partial charge on any atom is -0.465 e. The van der Waals surface area contributed by atoms with E-state index in [9.17, 15) is 4.79 Å². The van der Waals surface area contributed by atoms with Gasteiger partial charge >= 0.3 is 5.97 Å². The molecule has 0 saturated carbocycles. The number of nitrogens with zero attached hydrogens (tertiary/aromatic N) is 3. The predicted octanol–water partition coefficient (Wildman–Crippen LogP) is 1.06. The Morgan fingerprint density at radius 2 is 2.25 bits per heavy atom. The number of pyridine rings is 1. The lowest BCUT2D eigenvalue weighted by molar-refractivity contribution is 0.0600. The number of carbonyl (C=O) groups excluding carboxylic acids is 1. The molecule has 6 heteroatoms. The van der Waals surface area contributed by atoms with Gasteiger partial charge in [0.15, 0.2) is 11.5 Å². The second kappa shape index (κ2) is 5.58. The van der Waals surface area contributed by atoms with Crippen LogP contribution in [0.5, 0.6) is 0 Å². The molecule has 1 N–H and O–H groups in total. The molecule has 20 heavy (non-hydrogen) atoms. The summed E-state index contributed by atoms with van der Waals surface area (Å²) in [6.07, 6.45) is 4.91. The SMILES string of the molecule is COC(=O)c1ccc2nc(CC3CCNCC3)nn2c1. The molecule has 0 aliphatic carbocycles. The monoisotopic (exact) mass is 274 g/mol. The lowest BCUT2D eigenvalue weighted by atomic mass is 9.94. The van der Waals surface area contributed by atoms with Crippen molar-refractivity contribution in [1.82, 2.24) is 19.9 Å². The van der Waals surface area contributed by atoms with Gasteiger partial charge in [0.25, 0.3) is 0 Å². The Morgan fingerprint density at radius 1 is 1.45 bits per heavy atom. The summed E-state index contributed by atoms with van der Waals surface area (Å²) in [7, 11) is 1.37. The number of piperidine rings is 1. The van der Waals surface area contributed by atoms with Gasteiger partial charge in [0, 0.05) is 12.6 Å². The summed E-state index contributed by atoms with van der Waals surface area (Å²) >= 11 is 0. The van der Waals surface area contributed by atoms with Gasteiger partial charge in [-0.2, -0.15) is 5.10 Å². The first-order chi connectivity index (χ1) is 9.76. The van der Waals surface area contributed by atoms with Crippen LogP contribution in [-0.4, -0.2) is 40.8 Å². The molecule has 0 atom stereocenters. The molecule has 1 aliphatic rings. The summed E-state index contributed by atoms with van der Waals surface area (Å²) in [4.78, 5) is 16.0. The number of ether oxygens (including phenoxy) is 1. The molecular formula is C14H18N4O2. The highest BCUT2D eigenvalue weighted by atomic mass is 16.5. The number of rotatable bonds is 3. The van der Waals surface area contributed by atoms with Crippen molar-refractivity contribution in [2.45, 2.75) is 19.3 Å². The van der Waals surface area contributed by atoms with E-state index in [4.69, 9.17) is 4.74 Å². The topological polar surface area (TPSA) is 68.5 Å². The Morgan fingerprint density at radius 3 is 3.00 bits per heavy atom. The maximum Gasteiger partial charge on any atom is 0.339 e. The summed E-state index contributed by atoms with van der Waals surface area (Å²) in [5, 5.41) is 7.82. The number of esters is 1. The van der Waals surface area contributed by atoms with E-state index in [2.05, 4.69) is 15.4 Å². The highest BCUT2D eigenvalue weighted by Crippen LogP contribution is 2.16. The second-order valence-electron chi connectivity index (χ2n) is 5.14. The van der Waals surface area contributed by atoms with Crippen LogP contribution in [0.2, 0.25) is 0 Å². The highest BCUT2D eigenvalue weighted by molar-refractivity contribution is 5.89. The third-order valence-electron chi connectivity index (χ3n) is 3.73. The van der Waals surface area contributed by atoms with E-state index in [0.29, 0.717) is 11.5 Å². The van der Waals surface area contributed by atoms with Crippen LogP contribution in [-0.2, 0) is 11.2 Å². The van der Waals surface area contributed by atoms with Crippen LogP contribution in [0.1, 0.15) is 29.0 Å². The van der Waals surface area contributed by atoms with E-state index in [0.717, 1.165) is 31.0 Å². The summed E-state index contributed by atoms with van der Waals surface area (Å²) in [5.74, 6) is 1.13. The van der Waals surface area contributed by atoms with Crippen LogP contribution < -0.4 is 5.32 Å². The van der Waals surface area contributed by atoms with Crippen molar-refractivity contribution in [3.05, 3.63) is 29.7 Å². The molecule has 1 fully saturated rings. The molecule has 1 saturated heterocycles. The van der Waals surface area contributed by atoms with Crippen LogP contribution in [0.3, 0.4) is 0 Å². The molecular weight excluding hydrogens is 256 g/mol. The largest absolute Gasteiger partial charge is 0.465 e. The number of hydrogen-bond donors (Lipinski definition) is 1. The van der Waals surface area contributed by atoms with Gasteiger partial charge < -0.3 is 10.1 Å². The van der Waals surface area contributed by atoms with Crippen molar-refractivity contribution in [1.29, 1.82) is 0 Å². The molecule has 1 aliphatic heterocycles. The molecule has 0 radical (unpaired) electrons. The average molecular weight is 274 g/mol. The molecule has 0 amide bonds. The fourth-order valence-corrected chi connectivity index (χ4v) is 2.60. The quantitative estimate of drug-likeness (QED) is 0.848. The van der Waals surface area contributed by atoms with E-state index in [-0.39, 0.29) is 5.97 Å². The molecule has 0 unspecified atom stereocenters. The van der Waals surface area contributed by atoms with Gasteiger partial charge in [-0.15, -0.1) is 0 Å². The molecule has 3 heterocycles. The summed E-state index contributed by atoms with van der Waals surface area (Å²) in [6.45, 7) is 2.15. The number of aromatic nitrogens is 3. The van der Waals surface area contributed by atoms with Crippen LogP contribution >= 0.6 is 0 Å². The first-order valence-electron chi connectivity index (χ1n) is 6.90. The Labute approximate surface area is 117 Å². The van der Waals surface area contributed by atoms with Gasteiger partial charge in [-0.3, -0.25) is 0 Å². The van der Waals surface area contributed by atoms with Crippen molar-refractivity contribution in [2.24, 2.45) is 5.92 Å². The smallest absolute Gasteiger partial charge is 0.339 e. The van der Waals surface area contributed by atoms with E-state index in [1.165, 1.54) is 20.0 Å². The Kier molecular flexibility index (Phi) is 3.64. The molecule has 0 aromatic carbocycles. The van der Waals surface area contributed by atoms with Crippen molar-refractivity contribution >= 4 is 11.6 Å². The maximum atomic E-state index is 11.5. The molecule has 106 valence electrons. The maximum absolute atomic E-state index is 11.5. The average Bonchev–Trinajstić information content (AvgIpc) is 2.88. The zero-order chi connectivity index (χ0) is 13.9. The molecule has 3 rings (SSSR count). The van der Waals surface area contributed by atoms with E-state index in [1.807, 2.05) is 0 Å². The summed E-state index contributed by atoms with van der Waals surface area (Å²) in [6, 6.07) is 3.51. The van der Waals surface area contributed by atoms with Crippen molar-refractivity contribution in [2.75, 3.05) is 20.2 Å². The molecule has 2 aromatic heterocycles. The number of fused-ring (bicyclic) bond motifs is 1. The number of methoxy groups -OCH3 is 1. The van der Waals surface area contributed by atoms with Crippen LogP contribution in [0, 0.1) is 5.92 Å². The third kappa shape index (κ3) is 2.65. The fraction of sp³-hybridized carbons (Fsp3) is 0.500. The van der Waals surface area contributed by atoms with Crippen LogP contribution in [0.15, 0.2) is 18.3 Å². The molecule has 2 aromatic rings. The number of carbonyl (C=O) groups is 1. The minimum absolute atomic E-state index is 0.359. The predicted molar refractivity (Wildman–Crippen MR) is 73.6 cm³/mol. The first-order valence-corrected chi connectivity index (χ1v) is 6.90. The third-order valence-corrected chi connectivity index (χ3v) is 3.73. The highest BCUT2D eigenvalue weighted by Gasteiger charge is 2.16. The van der Waals surface area contributed by atoms with Crippen molar-refractivity contribution in [3.63, 3.8) is 0 Å². The molecule has 6 nitrogen and oxygen atoms in total. The Bertz CT molecular complexity index is 617. The van der Waals surface area contributed by atoms with Gasteiger partial charge in [-0.1, -0.05) is 0 Å². The lowest BCUT2D eigenvalue weighted by Crippen LogP contribution is -2.28. The summed E-state index contributed by atoms with van der Waals surface area (Å²) < 4.78 is 6.36. The number of nitrogens with one attached hydrogen (secondary N) is 1. The van der Waals surface area contributed by atoms with Crippen LogP contribution in [0.25, 0.3) is 5.65 Å². The standard InChI is InChI=1S/C14H18N4O2/c1-20-14(19)11-2-3-13-16-12(17-18(13)9-11)8-10-4-6-15-7-5-10/h2-3,9-10,15H,4-8H2,1H3. The summed E-state index contributed by atoms with van der Waals surface area (Å²) in [5.41, 5.74) is 1.25. The Hall–Kier alpha value is -1.95. The molecule has 0 bridgehead atoms. The number of hydrogen-bond acceptors (Lipinski definition) is 5. The van der Waals surface area contributed by atoms with Gasteiger partial charge in [0.2, 0.25) is 0 Å². The zero-order valence-corrected chi connectivity index (χ0v) is 11.5. The normalized spacial score (nSPS) is 16.4. The van der Waals surface area contributed by atoms with Crippen molar-refractivity contribution < 1.29 is 9.53 Å². The van der Waals surface area contributed by atoms with E-state index >= 15 is 0 Å². The van der Waals surface area contributed by atoms with Gasteiger partial charge in [-0.25, -0.2) is 14.3 Å². The van der Waals surface area contributed by atoms with Gasteiger partial charge in [0.1, 0.15) is 0 Å². The minimum atomic E-state index is -0.359. The van der Waals surface area contributed by atoms with Crippen molar-refractivity contribution in [3.8, 4) is 0 Å². The Balaban J connectivity index is 1.81. The van der Waals surface area contributed by atoms with E-state index < -0.39 is 0 Å². The lowest BCUT2D eigenvalue weighted by Gasteiger charge is -2.20. The van der Waals surface area contributed by atoms with Gasteiger partial charge in [-0.05, 0) is 44.0 Å². The van der Waals surface area contributed by atoms with Crippen LogP contribution in [0.4, 0.5) is 0 Å². The first kappa shape index (κ1) is 13.1. The zero-order valence-electron chi connectivity index (χ0n) is 11.5. The molecule has 0 spiro atoms. The van der Waals surface area contributed by atoms with E-state index in [1.54, 1.807) is 22.8 Å². The second-order valence-corrected chi connectivity index (χ2v) is 5.14. The van der Waals surface area contributed by atoms with Gasteiger partial charge in [0.05, 0.1) is 12.7 Å². The fourth-order valence-electron chi connectivity index (χ4n) is 2.60.